The molecule has 0 unspecified atom stereocenters. The summed E-state index contributed by atoms with van der Waals surface area (Å²) in [5.41, 5.74) is 6.65. The molecule has 2 fully saturated rings. The highest BCUT2D eigenvalue weighted by Gasteiger charge is 2.37. The molecule has 0 saturated carbocycles. The minimum Gasteiger partial charge on any atom is -0.366 e. The molecule has 3 rings (SSSR count). The molecular weight excluding hydrogens is 304 g/mol. The van der Waals surface area contributed by atoms with Crippen molar-refractivity contribution in [2.24, 2.45) is 5.73 Å². The van der Waals surface area contributed by atoms with E-state index < -0.39 is 5.91 Å². The fraction of sp³-hybridized carbons (Fsp3) is 0.556. The molecule has 0 radical (unpaired) electrons. The van der Waals surface area contributed by atoms with E-state index >= 15 is 0 Å². The molecule has 1 atom stereocenters. The molecule has 2 aliphatic heterocycles. The van der Waals surface area contributed by atoms with Crippen molar-refractivity contribution in [3.05, 3.63) is 35.4 Å². The van der Waals surface area contributed by atoms with Crippen LogP contribution in [0.15, 0.2) is 24.3 Å². The molecule has 0 aliphatic carbocycles. The Balaban J connectivity index is 1.43. The molecule has 6 nitrogen and oxygen atoms in total. The van der Waals surface area contributed by atoms with Crippen LogP contribution in [0.1, 0.15) is 42.1 Å². The van der Waals surface area contributed by atoms with E-state index in [0.29, 0.717) is 24.2 Å². The van der Waals surface area contributed by atoms with Gasteiger partial charge in [0.2, 0.25) is 5.91 Å². The summed E-state index contributed by atoms with van der Waals surface area (Å²) in [4.78, 5) is 27.7. The molecule has 6 heteroatoms. The number of nitrogens with zero attached hydrogens (tertiary/aromatic N) is 2. The second kappa shape index (κ2) is 7.21. The number of piperidine rings is 1. The van der Waals surface area contributed by atoms with Gasteiger partial charge in [-0.15, -0.1) is 0 Å². The Morgan fingerprint density at radius 2 is 1.92 bits per heavy atom. The van der Waals surface area contributed by atoms with Gasteiger partial charge in [0.15, 0.2) is 0 Å². The van der Waals surface area contributed by atoms with Crippen molar-refractivity contribution in [3.63, 3.8) is 0 Å². The summed E-state index contributed by atoms with van der Waals surface area (Å²) >= 11 is 0. The molecule has 0 bridgehead atoms. The van der Waals surface area contributed by atoms with E-state index in [1.165, 1.54) is 19.3 Å². The highest BCUT2D eigenvalue weighted by Crippen LogP contribution is 2.24. The van der Waals surface area contributed by atoms with E-state index in [4.69, 9.17) is 5.73 Å². The lowest BCUT2D eigenvalue weighted by Gasteiger charge is -2.49. The Morgan fingerprint density at radius 1 is 1.21 bits per heavy atom. The van der Waals surface area contributed by atoms with Crippen molar-refractivity contribution >= 4 is 11.9 Å². The monoisotopic (exact) mass is 330 g/mol. The molecule has 1 aromatic carbocycles. The van der Waals surface area contributed by atoms with Gasteiger partial charge < -0.3 is 16.0 Å². The molecule has 130 valence electrons. The van der Waals surface area contributed by atoms with Crippen LogP contribution in [0.25, 0.3) is 0 Å². The minimum atomic E-state index is -0.441. The zero-order valence-corrected chi connectivity index (χ0v) is 14.2. The van der Waals surface area contributed by atoms with E-state index in [1.807, 2.05) is 17.0 Å². The minimum absolute atomic E-state index is 0.0186. The molecule has 3 amide bonds. The maximum atomic E-state index is 12.2. The fourth-order valence-electron chi connectivity index (χ4n) is 3.57. The average Bonchev–Trinajstić information content (AvgIpc) is 2.53. The average molecular weight is 330 g/mol. The summed E-state index contributed by atoms with van der Waals surface area (Å²) in [5, 5.41) is 2.94. The molecule has 2 heterocycles. The maximum Gasteiger partial charge on any atom is 0.317 e. The van der Waals surface area contributed by atoms with Crippen LogP contribution in [-0.4, -0.2) is 53.5 Å². The van der Waals surface area contributed by atoms with Crippen molar-refractivity contribution in [2.45, 2.75) is 44.8 Å². The Morgan fingerprint density at radius 3 is 2.54 bits per heavy atom. The van der Waals surface area contributed by atoms with E-state index in [0.717, 1.165) is 25.2 Å². The number of urea groups is 1. The highest BCUT2D eigenvalue weighted by molar-refractivity contribution is 5.92. The van der Waals surface area contributed by atoms with Gasteiger partial charge in [0.25, 0.3) is 0 Å². The normalized spacial score (nSPS) is 22.0. The van der Waals surface area contributed by atoms with Gasteiger partial charge in [0, 0.05) is 37.3 Å². The second-order valence-corrected chi connectivity index (χ2v) is 6.86. The Kier molecular flexibility index (Phi) is 5.04. The van der Waals surface area contributed by atoms with Crippen molar-refractivity contribution in [3.8, 4) is 0 Å². The smallest absolute Gasteiger partial charge is 0.317 e. The summed E-state index contributed by atoms with van der Waals surface area (Å²) in [7, 11) is 0. The number of primary amides is 1. The van der Waals surface area contributed by atoms with E-state index in [1.54, 1.807) is 12.1 Å². The molecule has 0 aromatic heterocycles. The zero-order chi connectivity index (χ0) is 17.1. The first-order chi connectivity index (χ1) is 11.5. The topological polar surface area (TPSA) is 78.7 Å². The third-order valence-corrected chi connectivity index (χ3v) is 5.16. The van der Waals surface area contributed by atoms with Gasteiger partial charge in [-0.05, 0) is 44.0 Å². The Labute approximate surface area is 143 Å². The third kappa shape index (κ3) is 3.70. The first-order valence-electron chi connectivity index (χ1n) is 8.72. The molecule has 2 saturated heterocycles. The summed E-state index contributed by atoms with van der Waals surface area (Å²) in [6, 6.07) is 8.12. The number of likely N-dealkylation sites (tertiary alicyclic amines) is 2. The predicted octanol–water partition coefficient (Wildman–Crippen LogP) is 1.55. The largest absolute Gasteiger partial charge is 0.366 e. The molecule has 24 heavy (non-hydrogen) atoms. The predicted molar refractivity (Wildman–Crippen MR) is 92.6 cm³/mol. The first kappa shape index (κ1) is 16.8. The number of nitrogens with two attached hydrogens (primary N) is 1. The van der Waals surface area contributed by atoms with Crippen LogP contribution in [0.5, 0.6) is 0 Å². The van der Waals surface area contributed by atoms with Crippen LogP contribution in [0.3, 0.4) is 0 Å². The van der Waals surface area contributed by atoms with Crippen LogP contribution in [0, 0.1) is 0 Å². The lowest BCUT2D eigenvalue weighted by atomic mass is 9.98. The van der Waals surface area contributed by atoms with Crippen molar-refractivity contribution in [1.82, 2.24) is 15.1 Å². The van der Waals surface area contributed by atoms with Crippen LogP contribution in [0.4, 0.5) is 4.79 Å². The van der Waals surface area contributed by atoms with Crippen molar-refractivity contribution < 1.29 is 9.59 Å². The lowest BCUT2D eigenvalue weighted by molar-refractivity contribution is 0.0169. The van der Waals surface area contributed by atoms with Gasteiger partial charge in [0.1, 0.15) is 0 Å². The molecule has 1 aromatic rings. The van der Waals surface area contributed by atoms with E-state index in [2.05, 4.69) is 17.1 Å². The fourth-order valence-corrected chi connectivity index (χ4v) is 3.57. The van der Waals surface area contributed by atoms with Gasteiger partial charge in [-0.3, -0.25) is 9.69 Å². The molecule has 0 spiro atoms. The number of carbonyl (C=O) groups excluding carboxylic acids is 2. The molecular formula is C18H26N4O2. The van der Waals surface area contributed by atoms with E-state index in [-0.39, 0.29) is 6.03 Å². The Hall–Kier alpha value is -2.08. The molecule has 3 N–H and O–H groups in total. The third-order valence-electron chi connectivity index (χ3n) is 5.16. The number of nitrogens with one attached hydrogen (secondary N) is 1. The van der Waals surface area contributed by atoms with Crippen LogP contribution < -0.4 is 11.1 Å². The quantitative estimate of drug-likeness (QED) is 0.879. The second-order valence-electron chi connectivity index (χ2n) is 6.86. The van der Waals surface area contributed by atoms with Gasteiger partial charge in [0.05, 0.1) is 0 Å². The van der Waals surface area contributed by atoms with Gasteiger partial charge in [-0.1, -0.05) is 18.6 Å². The molecule has 2 aliphatic rings. The number of benzene rings is 1. The summed E-state index contributed by atoms with van der Waals surface area (Å²) in [6.07, 6.45) is 3.86. The van der Waals surface area contributed by atoms with Crippen LogP contribution in [0.2, 0.25) is 0 Å². The summed E-state index contributed by atoms with van der Waals surface area (Å²) < 4.78 is 0. The first-order valence-corrected chi connectivity index (χ1v) is 8.72. The lowest BCUT2D eigenvalue weighted by Crippen LogP contribution is -2.64. The summed E-state index contributed by atoms with van der Waals surface area (Å²) in [6.45, 7) is 5.54. The number of hydrogen-bond acceptors (Lipinski definition) is 3. The Bertz CT molecular complexity index is 596. The van der Waals surface area contributed by atoms with Gasteiger partial charge in [-0.25, -0.2) is 4.79 Å². The SMILES string of the molecule is C[C@H]1CCCCN1C1CN(C(=O)NCc2ccc(C(N)=O)cc2)C1. The van der Waals surface area contributed by atoms with Gasteiger partial charge >= 0.3 is 6.03 Å². The van der Waals surface area contributed by atoms with Crippen LogP contribution >= 0.6 is 0 Å². The highest BCUT2D eigenvalue weighted by atomic mass is 16.2. The summed E-state index contributed by atoms with van der Waals surface area (Å²) in [5.74, 6) is -0.441. The van der Waals surface area contributed by atoms with Crippen molar-refractivity contribution in [2.75, 3.05) is 19.6 Å². The van der Waals surface area contributed by atoms with Gasteiger partial charge in [-0.2, -0.15) is 0 Å². The zero-order valence-electron chi connectivity index (χ0n) is 14.2. The standard InChI is InChI=1S/C18H26N4O2/c1-13-4-2-3-9-22(13)16-11-21(12-16)18(24)20-10-14-5-7-15(8-6-14)17(19)23/h5-8,13,16H,2-4,9-12H2,1H3,(H2,19,23)(H,20,24)/t13-/m0/s1. The van der Waals surface area contributed by atoms with Crippen LogP contribution in [-0.2, 0) is 6.54 Å². The number of amides is 3. The van der Waals surface area contributed by atoms with Crippen molar-refractivity contribution in [1.29, 1.82) is 0 Å². The van der Waals surface area contributed by atoms with E-state index in [9.17, 15) is 9.59 Å². The number of rotatable bonds is 4. The number of hydrogen-bond donors (Lipinski definition) is 2. The number of carbonyl (C=O) groups is 2. The maximum absolute atomic E-state index is 12.2.